The third-order valence-corrected chi connectivity index (χ3v) is 2.80. The lowest BCUT2D eigenvalue weighted by Gasteiger charge is -2.21. The van der Waals surface area contributed by atoms with Crippen molar-refractivity contribution in [1.29, 1.82) is 0 Å². The van der Waals surface area contributed by atoms with E-state index in [1.165, 1.54) is 12.1 Å². The second kappa shape index (κ2) is 7.28. The molecule has 18 heavy (non-hydrogen) atoms. The predicted molar refractivity (Wildman–Crippen MR) is 65.8 cm³/mol. The van der Waals surface area contributed by atoms with Crippen LogP contribution in [0.25, 0.3) is 0 Å². The molecule has 0 radical (unpaired) electrons. The van der Waals surface area contributed by atoms with Gasteiger partial charge in [-0.1, -0.05) is 19.1 Å². The highest BCUT2D eigenvalue weighted by Crippen LogP contribution is 2.19. The molecule has 0 heterocycles. The normalized spacial score (nSPS) is 14.6. The van der Waals surface area contributed by atoms with Crippen molar-refractivity contribution in [1.82, 2.24) is 5.32 Å². The van der Waals surface area contributed by atoms with Gasteiger partial charge in [0.15, 0.2) is 0 Å². The number of aliphatic hydroxyl groups is 1. The zero-order valence-electron chi connectivity index (χ0n) is 10.6. The van der Waals surface area contributed by atoms with Crippen LogP contribution in [0.4, 0.5) is 8.78 Å². The fourth-order valence-corrected chi connectivity index (χ4v) is 1.69. The van der Waals surface area contributed by atoms with Gasteiger partial charge in [0.1, 0.15) is 5.75 Å². The first-order chi connectivity index (χ1) is 8.56. The maximum atomic E-state index is 12.0. The van der Waals surface area contributed by atoms with Crippen LogP contribution in [-0.2, 0) is 0 Å². The van der Waals surface area contributed by atoms with E-state index >= 15 is 0 Å². The number of ether oxygens (including phenoxy) is 1. The van der Waals surface area contributed by atoms with Crippen molar-refractivity contribution in [2.24, 2.45) is 0 Å². The van der Waals surface area contributed by atoms with E-state index < -0.39 is 6.61 Å². The largest absolute Gasteiger partial charge is 0.435 e. The average Bonchev–Trinajstić information content (AvgIpc) is 2.35. The van der Waals surface area contributed by atoms with Crippen LogP contribution in [-0.4, -0.2) is 24.4 Å². The highest BCUT2D eigenvalue weighted by Gasteiger charge is 2.11. The Kier molecular flexibility index (Phi) is 6.01. The minimum absolute atomic E-state index is 0.0389. The second-order valence-corrected chi connectivity index (χ2v) is 4.12. The van der Waals surface area contributed by atoms with Crippen LogP contribution in [0.5, 0.6) is 5.75 Å². The Morgan fingerprint density at radius 3 is 2.33 bits per heavy atom. The third-order valence-electron chi connectivity index (χ3n) is 2.80. The first kappa shape index (κ1) is 14.9. The van der Waals surface area contributed by atoms with Gasteiger partial charge >= 0.3 is 6.61 Å². The molecule has 1 aromatic rings. The van der Waals surface area contributed by atoms with Gasteiger partial charge in [-0.3, -0.25) is 0 Å². The Morgan fingerprint density at radius 1 is 1.28 bits per heavy atom. The number of halogens is 2. The SMILES string of the molecule is CC[C@@H](CO)NC(C)c1ccc(OC(F)F)cc1. The molecule has 1 unspecified atom stereocenters. The summed E-state index contributed by atoms with van der Waals surface area (Å²) in [5.41, 5.74) is 0.962. The summed E-state index contributed by atoms with van der Waals surface area (Å²) in [6.45, 7) is 1.22. The Balaban J connectivity index is 2.61. The zero-order valence-corrected chi connectivity index (χ0v) is 10.6. The number of rotatable bonds is 7. The van der Waals surface area contributed by atoms with Crippen LogP contribution < -0.4 is 10.1 Å². The summed E-state index contributed by atoms with van der Waals surface area (Å²) in [6, 6.07) is 6.58. The first-order valence-corrected chi connectivity index (χ1v) is 5.98. The van der Waals surface area contributed by atoms with Gasteiger partial charge in [-0.2, -0.15) is 8.78 Å². The molecule has 0 spiro atoms. The molecule has 2 atom stereocenters. The van der Waals surface area contributed by atoms with Gasteiger partial charge in [-0.05, 0) is 31.0 Å². The minimum Gasteiger partial charge on any atom is -0.435 e. The smallest absolute Gasteiger partial charge is 0.387 e. The lowest BCUT2D eigenvalue weighted by Crippen LogP contribution is -2.33. The second-order valence-electron chi connectivity index (χ2n) is 4.12. The maximum Gasteiger partial charge on any atom is 0.387 e. The molecule has 1 aromatic carbocycles. The van der Waals surface area contributed by atoms with Gasteiger partial charge in [-0.25, -0.2) is 0 Å². The van der Waals surface area contributed by atoms with Gasteiger partial charge in [-0.15, -0.1) is 0 Å². The molecule has 3 nitrogen and oxygen atoms in total. The minimum atomic E-state index is -2.80. The van der Waals surface area contributed by atoms with Crippen molar-refractivity contribution >= 4 is 0 Å². The Morgan fingerprint density at radius 2 is 1.89 bits per heavy atom. The monoisotopic (exact) mass is 259 g/mol. The zero-order chi connectivity index (χ0) is 13.5. The molecule has 0 saturated carbocycles. The van der Waals surface area contributed by atoms with Crippen molar-refractivity contribution in [2.75, 3.05) is 6.61 Å². The molecule has 0 aliphatic heterocycles. The van der Waals surface area contributed by atoms with Crippen molar-refractivity contribution in [3.8, 4) is 5.75 Å². The van der Waals surface area contributed by atoms with E-state index in [9.17, 15) is 8.78 Å². The molecule has 0 bridgehead atoms. The van der Waals surface area contributed by atoms with Crippen LogP contribution in [0, 0.1) is 0 Å². The van der Waals surface area contributed by atoms with E-state index in [0.29, 0.717) is 0 Å². The van der Waals surface area contributed by atoms with E-state index in [2.05, 4.69) is 10.1 Å². The van der Waals surface area contributed by atoms with Crippen molar-refractivity contribution in [2.45, 2.75) is 39.0 Å². The molecule has 0 aliphatic rings. The molecule has 1 rings (SSSR count). The fraction of sp³-hybridized carbons (Fsp3) is 0.538. The number of hydrogen-bond donors (Lipinski definition) is 2. The summed E-state index contributed by atoms with van der Waals surface area (Å²) < 4.78 is 28.2. The highest BCUT2D eigenvalue weighted by molar-refractivity contribution is 5.29. The number of hydrogen-bond acceptors (Lipinski definition) is 3. The molecule has 0 amide bonds. The van der Waals surface area contributed by atoms with Crippen LogP contribution in [0.3, 0.4) is 0 Å². The summed E-state index contributed by atoms with van der Waals surface area (Å²) in [7, 11) is 0. The molecule has 0 aliphatic carbocycles. The summed E-state index contributed by atoms with van der Waals surface area (Å²) in [5, 5.41) is 12.4. The first-order valence-electron chi connectivity index (χ1n) is 5.98. The average molecular weight is 259 g/mol. The molecule has 0 aromatic heterocycles. The van der Waals surface area contributed by atoms with Crippen molar-refractivity contribution < 1.29 is 18.6 Å². The summed E-state index contributed by atoms with van der Waals surface area (Å²) in [4.78, 5) is 0. The van der Waals surface area contributed by atoms with Crippen molar-refractivity contribution in [3.63, 3.8) is 0 Å². The van der Waals surface area contributed by atoms with E-state index in [-0.39, 0.29) is 24.4 Å². The van der Waals surface area contributed by atoms with Crippen LogP contribution in [0.2, 0.25) is 0 Å². The Bertz CT molecular complexity index is 339. The van der Waals surface area contributed by atoms with Crippen LogP contribution in [0.15, 0.2) is 24.3 Å². The van der Waals surface area contributed by atoms with Crippen LogP contribution in [0.1, 0.15) is 31.9 Å². The highest BCUT2D eigenvalue weighted by atomic mass is 19.3. The quantitative estimate of drug-likeness (QED) is 0.791. The lowest BCUT2D eigenvalue weighted by atomic mass is 10.1. The molecule has 0 fully saturated rings. The lowest BCUT2D eigenvalue weighted by molar-refractivity contribution is -0.0498. The molecular formula is C13H19F2NO2. The standard InChI is InChI=1S/C13H19F2NO2/c1-3-11(8-17)16-9(2)10-4-6-12(7-5-10)18-13(14)15/h4-7,9,11,13,16-17H,3,8H2,1-2H3/t9?,11-/m0/s1. The van der Waals surface area contributed by atoms with E-state index in [1.807, 2.05) is 13.8 Å². The maximum absolute atomic E-state index is 12.0. The Hall–Kier alpha value is -1.20. The van der Waals surface area contributed by atoms with E-state index in [1.54, 1.807) is 12.1 Å². The predicted octanol–water partition coefficient (Wildman–Crippen LogP) is 2.71. The summed E-state index contributed by atoms with van der Waals surface area (Å²) >= 11 is 0. The van der Waals surface area contributed by atoms with E-state index in [0.717, 1.165) is 12.0 Å². The van der Waals surface area contributed by atoms with E-state index in [4.69, 9.17) is 5.11 Å². The number of alkyl halides is 2. The molecule has 0 saturated heterocycles. The van der Waals surface area contributed by atoms with Gasteiger partial charge in [0.25, 0.3) is 0 Å². The summed E-state index contributed by atoms with van der Waals surface area (Å²) in [5.74, 6) is 0.148. The van der Waals surface area contributed by atoms with Gasteiger partial charge in [0.05, 0.1) is 6.61 Å². The van der Waals surface area contributed by atoms with Gasteiger partial charge in [0.2, 0.25) is 0 Å². The summed E-state index contributed by atoms with van der Waals surface area (Å²) in [6.07, 6.45) is 0.827. The number of benzene rings is 1. The third kappa shape index (κ3) is 4.58. The molecule has 5 heteroatoms. The van der Waals surface area contributed by atoms with Crippen LogP contribution >= 0.6 is 0 Å². The molecule has 2 N–H and O–H groups in total. The molecule has 102 valence electrons. The number of nitrogens with one attached hydrogen (secondary N) is 1. The van der Waals surface area contributed by atoms with Gasteiger partial charge in [0, 0.05) is 12.1 Å². The topological polar surface area (TPSA) is 41.5 Å². The number of aliphatic hydroxyl groups excluding tert-OH is 1. The molecular weight excluding hydrogens is 240 g/mol. The Labute approximate surface area is 106 Å². The fourth-order valence-electron chi connectivity index (χ4n) is 1.69. The van der Waals surface area contributed by atoms with Gasteiger partial charge < -0.3 is 15.2 Å². The van der Waals surface area contributed by atoms with Crippen molar-refractivity contribution in [3.05, 3.63) is 29.8 Å².